The summed E-state index contributed by atoms with van der Waals surface area (Å²) in [5.41, 5.74) is 3.47. The van der Waals surface area contributed by atoms with Crippen molar-refractivity contribution in [3.8, 4) is 0 Å². The molecule has 0 saturated carbocycles. The second-order valence-corrected chi connectivity index (χ2v) is 3.05. The predicted octanol–water partition coefficient (Wildman–Crippen LogP) is 3.15. The van der Waals surface area contributed by atoms with Crippen molar-refractivity contribution in [2.45, 2.75) is 13.8 Å². The van der Waals surface area contributed by atoms with Crippen LogP contribution < -0.4 is 0 Å². The molecule has 0 aliphatic heterocycles. The Bertz CT molecular complexity index is 373. The van der Waals surface area contributed by atoms with Gasteiger partial charge in [-0.15, -0.1) is 0 Å². The fourth-order valence-corrected chi connectivity index (χ4v) is 1.38. The van der Waals surface area contributed by atoms with E-state index in [9.17, 15) is 4.79 Å². The van der Waals surface area contributed by atoms with Crippen molar-refractivity contribution in [1.29, 1.82) is 0 Å². The summed E-state index contributed by atoms with van der Waals surface area (Å²) >= 11 is 0. The highest BCUT2D eigenvalue weighted by Gasteiger charge is 1.98. The Balaban J connectivity index is 3.08. The van der Waals surface area contributed by atoms with Gasteiger partial charge in [-0.3, -0.25) is 4.79 Å². The number of allylic oxidation sites excluding steroid dienone is 4. The SMILES string of the molecule is C/C=C(/C=C/C=O)c1ccccc1C. The number of carbonyl (C=O) groups excluding carboxylic acids is 1. The third kappa shape index (κ3) is 2.43. The molecule has 0 fully saturated rings. The Morgan fingerprint density at radius 1 is 1.29 bits per heavy atom. The number of hydrogen-bond donors (Lipinski definition) is 0. The number of rotatable bonds is 3. The highest BCUT2D eigenvalue weighted by molar-refractivity contribution is 5.80. The van der Waals surface area contributed by atoms with Crippen LogP contribution >= 0.6 is 0 Å². The minimum absolute atomic E-state index is 0.793. The molecular formula is C13H14O. The molecule has 14 heavy (non-hydrogen) atoms. The molecule has 1 rings (SSSR count). The van der Waals surface area contributed by atoms with Crippen LogP contribution in [-0.2, 0) is 4.79 Å². The lowest BCUT2D eigenvalue weighted by Gasteiger charge is -2.05. The van der Waals surface area contributed by atoms with Crippen molar-refractivity contribution in [1.82, 2.24) is 0 Å². The largest absolute Gasteiger partial charge is 0.299 e. The molecule has 1 heteroatoms. The average Bonchev–Trinajstić information content (AvgIpc) is 2.21. The van der Waals surface area contributed by atoms with Crippen LogP contribution in [0.3, 0.4) is 0 Å². The molecule has 0 N–H and O–H groups in total. The van der Waals surface area contributed by atoms with E-state index in [1.165, 1.54) is 17.2 Å². The lowest BCUT2D eigenvalue weighted by Crippen LogP contribution is -1.85. The standard InChI is InChI=1S/C13H14O/c1-3-12(8-6-10-14)13-9-5-4-7-11(13)2/h3-10H,1-2H3/b8-6+,12-3-. The van der Waals surface area contributed by atoms with E-state index in [2.05, 4.69) is 19.1 Å². The molecular weight excluding hydrogens is 172 g/mol. The maximum Gasteiger partial charge on any atom is 0.142 e. The first-order valence-corrected chi connectivity index (χ1v) is 4.63. The molecule has 1 nitrogen and oxygen atoms in total. The quantitative estimate of drug-likeness (QED) is 0.402. The molecule has 0 aliphatic rings. The molecule has 0 atom stereocenters. The van der Waals surface area contributed by atoms with Crippen LogP contribution in [0.4, 0.5) is 0 Å². The molecule has 0 aromatic heterocycles. The van der Waals surface area contributed by atoms with Crippen LogP contribution in [0.15, 0.2) is 42.5 Å². The summed E-state index contributed by atoms with van der Waals surface area (Å²) in [5, 5.41) is 0. The van der Waals surface area contributed by atoms with Gasteiger partial charge in [-0.05, 0) is 36.6 Å². The maximum absolute atomic E-state index is 10.2. The number of aldehydes is 1. The van der Waals surface area contributed by atoms with Gasteiger partial charge in [0.25, 0.3) is 0 Å². The highest BCUT2D eigenvalue weighted by atomic mass is 16.1. The van der Waals surface area contributed by atoms with Gasteiger partial charge in [-0.1, -0.05) is 36.4 Å². The molecule has 1 aromatic carbocycles. The Morgan fingerprint density at radius 2 is 2.00 bits per heavy atom. The van der Waals surface area contributed by atoms with Gasteiger partial charge in [0.05, 0.1) is 0 Å². The zero-order chi connectivity index (χ0) is 10.4. The van der Waals surface area contributed by atoms with Crippen molar-refractivity contribution in [3.63, 3.8) is 0 Å². The Morgan fingerprint density at radius 3 is 2.57 bits per heavy atom. The van der Waals surface area contributed by atoms with E-state index in [1.807, 2.05) is 31.2 Å². The third-order valence-electron chi connectivity index (χ3n) is 2.12. The fraction of sp³-hybridized carbons (Fsp3) is 0.154. The second-order valence-electron chi connectivity index (χ2n) is 3.05. The monoisotopic (exact) mass is 186 g/mol. The van der Waals surface area contributed by atoms with Gasteiger partial charge in [-0.25, -0.2) is 0 Å². The molecule has 72 valence electrons. The lowest BCUT2D eigenvalue weighted by molar-refractivity contribution is -0.104. The number of carbonyl (C=O) groups is 1. The highest BCUT2D eigenvalue weighted by Crippen LogP contribution is 2.19. The van der Waals surface area contributed by atoms with Gasteiger partial charge in [0.15, 0.2) is 0 Å². The van der Waals surface area contributed by atoms with Crippen molar-refractivity contribution in [2.24, 2.45) is 0 Å². The van der Waals surface area contributed by atoms with E-state index in [1.54, 1.807) is 0 Å². The van der Waals surface area contributed by atoms with Crippen molar-refractivity contribution >= 4 is 11.9 Å². The van der Waals surface area contributed by atoms with Gasteiger partial charge in [0.1, 0.15) is 6.29 Å². The number of aryl methyl sites for hydroxylation is 1. The van der Waals surface area contributed by atoms with Crippen LogP contribution in [0.5, 0.6) is 0 Å². The first-order chi connectivity index (χ1) is 6.79. The Labute approximate surface area is 84.8 Å². The normalized spacial score (nSPS) is 12.0. The summed E-state index contributed by atoms with van der Waals surface area (Å²) in [7, 11) is 0. The van der Waals surface area contributed by atoms with Crippen molar-refractivity contribution < 1.29 is 4.79 Å². The van der Waals surface area contributed by atoms with Gasteiger partial charge >= 0.3 is 0 Å². The Hall–Kier alpha value is -1.63. The van der Waals surface area contributed by atoms with Crippen LogP contribution in [0.25, 0.3) is 5.57 Å². The van der Waals surface area contributed by atoms with Crippen LogP contribution in [0.1, 0.15) is 18.1 Å². The molecule has 0 amide bonds. The topological polar surface area (TPSA) is 17.1 Å². The molecule has 0 heterocycles. The summed E-state index contributed by atoms with van der Waals surface area (Å²) in [4.78, 5) is 10.2. The molecule has 0 spiro atoms. The zero-order valence-corrected chi connectivity index (χ0v) is 8.53. The van der Waals surface area contributed by atoms with E-state index in [0.29, 0.717) is 0 Å². The lowest BCUT2D eigenvalue weighted by atomic mass is 10.0. The molecule has 0 bridgehead atoms. The van der Waals surface area contributed by atoms with Crippen molar-refractivity contribution in [3.05, 3.63) is 53.6 Å². The molecule has 0 radical (unpaired) electrons. The third-order valence-corrected chi connectivity index (χ3v) is 2.12. The molecule has 0 saturated heterocycles. The summed E-state index contributed by atoms with van der Waals surface area (Å²) in [6, 6.07) is 8.13. The second kappa shape index (κ2) is 5.18. The van der Waals surface area contributed by atoms with Crippen LogP contribution in [0.2, 0.25) is 0 Å². The molecule has 1 aromatic rings. The van der Waals surface area contributed by atoms with E-state index < -0.39 is 0 Å². The van der Waals surface area contributed by atoms with Gasteiger partial charge < -0.3 is 0 Å². The van der Waals surface area contributed by atoms with Gasteiger partial charge in [-0.2, -0.15) is 0 Å². The fourth-order valence-electron chi connectivity index (χ4n) is 1.38. The predicted molar refractivity (Wildman–Crippen MR) is 60.0 cm³/mol. The summed E-state index contributed by atoms with van der Waals surface area (Å²) < 4.78 is 0. The summed E-state index contributed by atoms with van der Waals surface area (Å²) in [6.45, 7) is 4.03. The smallest absolute Gasteiger partial charge is 0.142 e. The number of benzene rings is 1. The minimum atomic E-state index is 0.793. The van der Waals surface area contributed by atoms with Crippen LogP contribution in [-0.4, -0.2) is 6.29 Å². The summed E-state index contributed by atoms with van der Waals surface area (Å²) in [6.07, 6.45) is 6.14. The first kappa shape index (κ1) is 10.5. The Kier molecular flexibility index (Phi) is 3.86. The zero-order valence-electron chi connectivity index (χ0n) is 8.53. The van der Waals surface area contributed by atoms with E-state index in [0.717, 1.165) is 11.9 Å². The number of hydrogen-bond acceptors (Lipinski definition) is 1. The maximum atomic E-state index is 10.2. The van der Waals surface area contributed by atoms with Gasteiger partial charge in [0.2, 0.25) is 0 Å². The first-order valence-electron chi connectivity index (χ1n) is 4.63. The average molecular weight is 186 g/mol. The molecule has 0 aliphatic carbocycles. The van der Waals surface area contributed by atoms with Crippen LogP contribution in [0, 0.1) is 6.92 Å². The van der Waals surface area contributed by atoms with E-state index in [-0.39, 0.29) is 0 Å². The van der Waals surface area contributed by atoms with E-state index >= 15 is 0 Å². The van der Waals surface area contributed by atoms with E-state index in [4.69, 9.17) is 0 Å². The van der Waals surface area contributed by atoms with Crippen molar-refractivity contribution in [2.75, 3.05) is 0 Å². The summed E-state index contributed by atoms with van der Waals surface area (Å²) in [5.74, 6) is 0. The van der Waals surface area contributed by atoms with Gasteiger partial charge in [0, 0.05) is 0 Å². The molecule has 0 unspecified atom stereocenters. The minimum Gasteiger partial charge on any atom is -0.299 e.